The molecule has 0 bridgehead atoms. The van der Waals surface area contributed by atoms with E-state index in [1.54, 1.807) is 24.3 Å². The second kappa shape index (κ2) is 11.1. The van der Waals surface area contributed by atoms with Crippen molar-refractivity contribution in [3.63, 3.8) is 0 Å². The monoisotopic (exact) mass is 471 g/mol. The zero-order valence-corrected chi connectivity index (χ0v) is 18.9. The van der Waals surface area contributed by atoms with Gasteiger partial charge in [-0.15, -0.1) is 0 Å². The van der Waals surface area contributed by atoms with Crippen molar-refractivity contribution in [1.82, 2.24) is 10.7 Å². The van der Waals surface area contributed by atoms with Gasteiger partial charge in [0.2, 0.25) is 5.91 Å². The quantitative estimate of drug-likeness (QED) is 0.280. The number of hydrogen-bond acceptors (Lipinski definition) is 4. The van der Waals surface area contributed by atoms with Crippen LogP contribution in [0.3, 0.4) is 0 Å². The molecule has 34 heavy (non-hydrogen) atoms. The molecule has 1 aromatic heterocycles. The molecule has 0 aliphatic rings. The minimum atomic E-state index is -0.520. The number of amides is 2. The largest absolute Gasteiger partial charge is 0.455 e. The van der Waals surface area contributed by atoms with Crippen LogP contribution in [0, 0.1) is 0 Å². The van der Waals surface area contributed by atoms with E-state index in [4.69, 9.17) is 16.0 Å². The van der Waals surface area contributed by atoms with E-state index in [0.29, 0.717) is 16.5 Å². The number of hydrazone groups is 1. The molecular weight excluding hydrogens is 450 g/mol. The summed E-state index contributed by atoms with van der Waals surface area (Å²) in [5.41, 5.74) is 4.97. The topological polar surface area (TPSA) is 83.7 Å². The smallest absolute Gasteiger partial charge is 0.259 e. The summed E-state index contributed by atoms with van der Waals surface area (Å²) in [6.45, 7) is -0.208. The maximum Gasteiger partial charge on any atom is 0.259 e. The zero-order chi connectivity index (χ0) is 23.8. The van der Waals surface area contributed by atoms with Gasteiger partial charge in [0.25, 0.3) is 5.91 Å². The second-order valence-electron chi connectivity index (χ2n) is 7.47. The molecule has 0 saturated carbocycles. The molecule has 4 aromatic rings. The molecule has 7 heteroatoms. The molecule has 0 spiro atoms. The highest BCUT2D eigenvalue weighted by atomic mass is 35.5. The summed E-state index contributed by atoms with van der Waals surface area (Å²) in [4.78, 5) is 25.2. The van der Waals surface area contributed by atoms with Gasteiger partial charge in [0, 0.05) is 10.6 Å². The van der Waals surface area contributed by atoms with Gasteiger partial charge in [-0.2, -0.15) is 5.10 Å². The molecule has 3 aromatic carbocycles. The Morgan fingerprint density at radius 1 is 0.853 bits per heavy atom. The molecule has 0 fully saturated rings. The summed E-state index contributed by atoms with van der Waals surface area (Å²) in [7, 11) is 0. The molecule has 0 aliphatic carbocycles. The number of carbonyl (C=O) groups excluding carboxylic acids is 2. The normalized spacial score (nSPS) is 11.0. The zero-order valence-electron chi connectivity index (χ0n) is 18.1. The number of furan rings is 1. The van der Waals surface area contributed by atoms with Crippen LogP contribution in [0.4, 0.5) is 0 Å². The van der Waals surface area contributed by atoms with E-state index in [1.165, 1.54) is 6.21 Å². The first-order valence-electron chi connectivity index (χ1n) is 10.7. The molecule has 2 N–H and O–H groups in total. The molecular formula is C27H22ClN3O3. The number of rotatable bonds is 8. The maximum atomic E-state index is 12.9. The lowest BCUT2D eigenvalue weighted by Crippen LogP contribution is -2.37. The first-order chi connectivity index (χ1) is 16.6. The van der Waals surface area contributed by atoms with Gasteiger partial charge in [-0.05, 0) is 47.5 Å². The van der Waals surface area contributed by atoms with E-state index >= 15 is 0 Å². The number of nitrogens with one attached hydrogen (secondary N) is 2. The summed E-state index contributed by atoms with van der Waals surface area (Å²) in [6, 6.07) is 29.7. The van der Waals surface area contributed by atoms with E-state index in [9.17, 15) is 9.59 Å². The van der Waals surface area contributed by atoms with Crippen molar-refractivity contribution in [2.24, 2.45) is 5.10 Å². The Labute approximate surface area is 202 Å². The Morgan fingerprint density at radius 3 is 2.09 bits per heavy atom. The summed E-state index contributed by atoms with van der Waals surface area (Å²) in [5.74, 6) is -0.107. The van der Waals surface area contributed by atoms with Gasteiger partial charge in [-0.1, -0.05) is 72.3 Å². The summed E-state index contributed by atoms with van der Waals surface area (Å²) in [5, 5.41) is 7.25. The van der Waals surface area contributed by atoms with Gasteiger partial charge >= 0.3 is 0 Å². The van der Waals surface area contributed by atoms with Crippen molar-refractivity contribution in [1.29, 1.82) is 0 Å². The van der Waals surface area contributed by atoms with Crippen LogP contribution in [0.2, 0.25) is 5.02 Å². The summed E-state index contributed by atoms with van der Waals surface area (Å²) >= 11 is 5.91. The Balaban J connectivity index is 1.33. The van der Waals surface area contributed by atoms with Gasteiger partial charge in [-0.25, -0.2) is 5.43 Å². The predicted molar refractivity (Wildman–Crippen MR) is 133 cm³/mol. The lowest BCUT2D eigenvalue weighted by atomic mass is 9.90. The van der Waals surface area contributed by atoms with Gasteiger partial charge in [0.05, 0.1) is 18.7 Å². The predicted octanol–water partition coefficient (Wildman–Crippen LogP) is 5.00. The molecule has 170 valence electrons. The van der Waals surface area contributed by atoms with E-state index in [1.807, 2.05) is 72.8 Å². The molecule has 4 rings (SSSR count). The third kappa shape index (κ3) is 5.99. The molecule has 0 saturated heterocycles. The lowest BCUT2D eigenvalue weighted by Gasteiger charge is -2.17. The van der Waals surface area contributed by atoms with Crippen molar-refractivity contribution >= 4 is 29.6 Å². The fourth-order valence-electron chi connectivity index (χ4n) is 3.45. The molecule has 6 nitrogen and oxygen atoms in total. The molecule has 2 amide bonds. The fourth-order valence-corrected chi connectivity index (χ4v) is 3.58. The number of carbonyl (C=O) groups is 2. The van der Waals surface area contributed by atoms with Gasteiger partial charge in [0.1, 0.15) is 11.5 Å². The van der Waals surface area contributed by atoms with Crippen molar-refractivity contribution in [2.75, 3.05) is 6.54 Å². The Kier molecular flexibility index (Phi) is 7.53. The van der Waals surface area contributed by atoms with E-state index < -0.39 is 11.8 Å². The highest BCUT2D eigenvalue weighted by molar-refractivity contribution is 6.30. The van der Waals surface area contributed by atoms with Crippen molar-refractivity contribution in [3.8, 4) is 11.3 Å². The van der Waals surface area contributed by atoms with E-state index in [2.05, 4.69) is 15.8 Å². The van der Waals surface area contributed by atoms with Gasteiger partial charge in [0.15, 0.2) is 0 Å². The Morgan fingerprint density at radius 2 is 1.47 bits per heavy atom. The van der Waals surface area contributed by atoms with Crippen LogP contribution in [0.15, 0.2) is 107 Å². The minimum Gasteiger partial charge on any atom is -0.455 e. The molecule has 1 heterocycles. The molecule has 0 aliphatic heterocycles. The number of halogens is 1. The SMILES string of the molecule is O=C(CNC(=O)C(c1ccccc1)c1ccccc1)NN=Cc1ccc(-c2ccc(Cl)cc2)o1. The Hall–Kier alpha value is -4.16. The average molecular weight is 472 g/mol. The van der Waals surface area contributed by atoms with Crippen LogP contribution in [0.25, 0.3) is 11.3 Å². The molecule has 0 radical (unpaired) electrons. The standard InChI is InChI=1S/C27H22ClN3O3/c28-22-13-11-19(12-14-22)24-16-15-23(34-24)17-30-31-25(32)18-29-27(33)26(20-7-3-1-4-8-20)21-9-5-2-6-10-21/h1-17,26H,18H2,(H,29,33)(H,31,32). The van der Waals surface area contributed by atoms with Crippen molar-refractivity contribution < 1.29 is 14.0 Å². The lowest BCUT2D eigenvalue weighted by molar-refractivity contribution is -0.126. The van der Waals surface area contributed by atoms with Crippen LogP contribution in [-0.4, -0.2) is 24.6 Å². The van der Waals surface area contributed by atoms with Crippen LogP contribution >= 0.6 is 11.6 Å². The first kappa shape index (κ1) is 23.0. The van der Waals surface area contributed by atoms with Gasteiger partial charge < -0.3 is 9.73 Å². The number of hydrogen-bond donors (Lipinski definition) is 2. The summed E-state index contributed by atoms with van der Waals surface area (Å²) in [6.07, 6.45) is 1.40. The van der Waals surface area contributed by atoms with E-state index in [-0.39, 0.29) is 12.5 Å². The third-order valence-electron chi connectivity index (χ3n) is 5.09. The highest BCUT2D eigenvalue weighted by Crippen LogP contribution is 2.25. The number of benzene rings is 3. The third-order valence-corrected chi connectivity index (χ3v) is 5.34. The van der Waals surface area contributed by atoms with Crippen LogP contribution in [0.5, 0.6) is 0 Å². The van der Waals surface area contributed by atoms with Crippen LogP contribution in [0.1, 0.15) is 22.8 Å². The Bertz CT molecular complexity index is 1230. The average Bonchev–Trinajstić information content (AvgIpc) is 3.34. The summed E-state index contributed by atoms with van der Waals surface area (Å²) < 4.78 is 5.71. The van der Waals surface area contributed by atoms with E-state index in [0.717, 1.165) is 16.7 Å². The van der Waals surface area contributed by atoms with Crippen LogP contribution < -0.4 is 10.7 Å². The second-order valence-corrected chi connectivity index (χ2v) is 7.91. The maximum absolute atomic E-state index is 12.9. The molecule has 0 atom stereocenters. The highest BCUT2D eigenvalue weighted by Gasteiger charge is 2.22. The van der Waals surface area contributed by atoms with Crippen LogP contribution in [-0.2, 0) is 9.59 Å². The number of nitrogens with zero attached hydrogens (tertiary/aromatic N) is 1. The van der Waals surface area contributed by atoms with Gasteiger partial charge in [-0.3, -0.25) is 9.59 Å². The van der Waals surface area contributed by atoms with Crippen molar-refractivity contribution in [2.45, 2.75) is 5.92 Å². The fraction of sp³-hybridized carbons (Fsp3) is 0.0741. The first-order valence-corrected chi connectivity index (χ1v) is 11.0. The molecule has 0 unspecified atom stereocenters. The minimum absolute atomic E-state index is 0.208. The van der Waals surface area contributed by atoms with Crippen molar-refractivity contribution in [3.05, 3.63) is 119 Å².